The Labute approximate surface area is 143 Å². The lowest BCUT2D eigenvalue weighted by atomic mass is 10.4. The fourth-order valence-electron chi connectivity index (χ4n) is 1.84. The molecule has 0 saturated heterocycles. The highest BCUT2D eigenvalue weighted by molar-refractivity contribution is 7.90. The van der Waals surface area contributed by atoms with Gasteiger partial charge in [0.1, 0.15) is 0 Å². The maximum Gasteiger partial charge on any atom is 0.240 e. The summed E-state index contributed by atoms with van der Waals surface area (Å²) >= 11 is 0. The molecule has 3 N–H and O–H groups in total. The molecular formula is C13H22ClN3O4S2. The van der Waals surface area contributed by atoms with Gasteiger partial charge in [0.25, 0.3) is 0 Å². The molecule has 0 aliphatic heterocycles. The lowest BCUT2D eigenvalue weighted by molar-refractivity contribution is 0.574. The molecule has 0 atom stereocenters. The molecule has 23 heavy (non-hydrogen) atoms. The molecule has 0 amide bonds. The average Bonchev–Trinajstić information content (AvgIpc) is 3.27. The van der Waals surface area contributed by atoms with Gasteiger partial charge in [-0.2, -0.15) is 0 Å². The van der Waals surface area contributed by atoms with Crippen LogP contribution in [0.5, 0.6) is 0 Å². The Balaban J connectivity index is 0.00000264. The summed E-state index contributed by atoms with van der Waals surface area (Å²) in [6.45, 7) is 1.04. The van der Waals surface area contributed by atoms with Crippen LogP contribution in [0.1, 0.15) is 19.3 Å². The van der Waals surface area contributed by atoms with Crippen molar-refractivity contribution in [2.24, 2.45) is 0 Å². The van der Waals surface area contributed by atoms with Crippen molar-refractivity contribution in [3.05, 3.63) is 24.3 Å². The summed E-state index contributed by atoms with van der Waals surface area (Å²) in [6, 6.07) is 5.26. The van der Waals surface area contributed by atoms with Crippen molar-refractivity contribution in [1.82, 2.24) is 14.8 Å². The molecule has 1 saturated carbocycles. The topological polar surface area (TPSA) is 104 Å². The van der Waals surface area contributed by atoms with E-state index < -0.39 is 20.0 Å². The van der Waals surface area contributed by atoms with Gasteiger partial charge in [0.05, 0.1) is 9.79 Å². The highest BCUT2D eigenvalue weighted by Crippen LogP contribution is 2.22. The van der Waals surface area contributed by atoms with Crippen molar-refractivity contribution in [2.75, 3.05) is 20.1 Å². The summed E-state index contributed by atoms with van der Waals surface area (Å²) in [5.74, 6) is 0. The third kappa shape index (κ3) is 6.02. The molecule has 0 heterocycles. The summed E-state index contributed by atoms with van der Waals surface area (Å²) in [5.41, 5.74) is 0. The first-order chi connectivity index (χ1) is 10.3. The zero-order chi connectivity index (χ0) is 16.2. The Hall–Kier alpha value is -0.710. The second-order valence-corrected chi connectivity index (χ2v) is 8.70. The minimum Gasteiger partial charge on any atom is -0.320 e. The molecule has 0 unspecified atom stereocenters. The lowest BCUT2D eigenvalue weighted by Gasteiger charge is -2.08. The molecule has 0 radical (unpaired) electrons. The SMILES string of the molecule is CNCCCNS(=O)(=O)c1ccc(S(=O)(=O)NC2CC2)cc1.Cl. The molecule has 132 valence electrons. The molecule has 0 spiro atoms. The molecule has 1 aliphatic rings. The van der Waals surface area contributed by atoms with Crippen LogP contribution in [0.15, 0.2) is 34.1 Å². The highest BCUT2D eigenvalue weighted by atomic mass is 35.5. The van der Waals surface area contributed by atoms with E-state index in [2.05, 4.69) is 14.8 Å². The minimum absolute atomic E-state index is 0. The van der Waals surface area contributed by atoms with E-state index >= 15 is 0 Å². The van der Waals surface area contributed by atoms with Crippen molar-refractivity contribution in [2.45, 2.75) is 35.1 Å². The molecular weight excluding hydrogens is 362 g/mol. The maximum atomic E-state index is 12.0. The van der Waals surface area contributed by atoms with Crippen molar-refractivity contribution in [3.63, 3.8) is 0 Å². The largest absolute Gasteiger partial charge is 0.320 e. The van der Waals surface area contributed by atoms with Crippen LogP contribution in [-0.2, 0) is 20.0 Å². The van der Waals surface area contributed by atoms with E-state index in [4.69, 9.17) is 0 Å². The van der Waals surface area contributed by atoms with Gasteiger partial charge in [0, 0.05) is 12.6 Å². The molecule has 10 heteroatoms. The van der Waals surface area contributed by atoms with E-state index in [1.165, 1.54) is 24.3 Å². The number of hydrogen-bond donors (Lipinski definition) is 3. The van der Waals surface area contributed by atoms with Gasteiger partial charge in [-0.05, 0) is 57.1 Å². The van der Waals surface area contributed by atoms with Gasteiger partial charge in [-0.1, -0.05) is 0 Å². The van der Waals surface area contributed by atoms with Gasteiger partial charge in [0.15, 0.2) is 0 Å². The van der Waals surface area contributed by atoms with Crippen molar-refractivity contribution in [1.29, 1.82) is 0 Å². The normalized spacial score (nSPS) is 15.2. The second kappa shape index (κ2) is 8.41. The summed E-state index contributed by atoms with van der Waals surface area (Å²) in [5, 5.41) is 2.93. The predicted octanol–water partition coefficient (Wildman–Crippen LogP) is 0.437. The van der Waals surface area contributed by atoms with Crippen LogP contribution in [0, 0.1) is 0 Å². The lowest BCUT2D eigenvalue weighted by Crippen LogP contribution is -2.27. The van der Waals surface area contributed by atoms with E-state index in [0.29, 0.717) is 19.5 Å². The Kier molecular flexibility index (Phi) is 7.43. The molecule has 0 aromatic heterocycles. The van der Waals surface area contributed by atoms with Crippen LogP contribution in [0.4, 0.5) is 0 Å². The van der Waals surface area contributed by atoms with Crippen LogP contribution < -0.4 is 14.8 Å². The van der Waals surface area contributed by atoms with Crippen LogP contribution in [0.2, 0.25) is 0 Å². The molecule has 7 nitrogen and oxygen atoms in total. The zero-order valence-corrected chi connectivity index (χ0v) is 15.2. The Morgan fingerprint density at radius 2 is 1.48 bits per heavy atom. The molecule has 1 aliphatic carbocycles. The summed E-state index contributed by atoms with van der Waals surface area (Å²) in [7, 11) is -5.37. The third-order valence-electron chi connectivity index (χ3n) is 3.24. The monoisotopic (exact) mass is 383 g/mol. The van der Waals surface area contributed by atoms with Crippen LogP contribution in [-0.4, -0.2) is 43.0 Å². The Morgan fingerprint density at radius 1 is 0.957 bits per heavy atom. The van der Waals surface area contributed by atoms with Gasteiger partial charge < -0.3 is 5.32 Å². The third-order valence-corrected chi connectivity index (χ3v) is 6.25. The standard InChI is InChI=1S/C13H21N3O4S2.ClH/c1-14-9-2-10-15-21(17,18)12-5-7-13(8-6-12)22(19,20)16-11-3-4-11;/h5-8,11,14-16H,2-4,9-10H2,1H3;1H. The quantitative estimate of drug-likeness (QED) is 0.536. The Morgan fingerprint density at radius 3 is 1.96 bits per heavy atom. The summed E-state index contributed by atoms with van der Waals surface area (Å²) < 4.78 is 53.1. The summed E-state index contributed by atoms with van der Waals surface area (Å²) in [6.07, 6.45) is 2.37. The molecule has 1 aromatic rings. The van der Waals surface area contributed by atoms with Gasteiger partial charge in [-0.25, -0.2) is 26.3 Å². The van der Waals surface area contributed by atoms with E-state index in [9.17, 15) is 16.8 Å². The van der Waals surface area contributed by atoms with Crippen molar-refractivity contribution < 1.29 is 16.8 Å². The van der Waals surface area contributed by atoms with E-state index in [1.54, 1.807) is 7.05 Å². The molecule has 1 fully saturated rings. The smallest absolute Gasteiger partial charge is 0.240 e. The minimum atomic E-state index is -3.61. The number of hydrogen-bond acceptors (Lipinski definition) is 5. The number of sulfonamides is 2. The highest BCUT2D eigenvalue weighted by Gasteiger charge is 2.28. The fourth-order valence-corrected chi connectivity index (χ4v) is 4.22. The summed E-state index contributed by atoms with van der Waals surface area (Å²) in [4.78, 5) is 0.135. The van der Waals surface area contributed by atoms with Crippen LogP contribution in [0.25, 0.3) is 0 Å². The second-order valence-electron chi connectivity index (χ2n) is 5.22. The Bertz CT molecular complexity index is 701. The molecule has 1 aromatic carbocycles. The van der Waals surface area contributed by atoms with Crippen LogP contribution >= 0.6 is 12.4 Å². The van der Waals surface area contributed by atoms with Gasteiger partial charge >= 0.3 is 0 Å². The number of nitrogens with one attached hydrogen (secondary N) is 3. The number of rotatable bonds is 9. The first-order valence-corrected chi connectivity index (χ1v) is 10.1. The van der Waals surface area contributed by atoms with E-state index in [-0.39, 0.29) is 28.2 Å². The van der Waals surface area contributed by atoms with E-state index in [1.807, 2.05) is 0 Å². The van der Waals surface area contributed by atoms with Crippen molar-refractivity contribution >= 4 is 32.5 Å². The first kappa shape index (κ1) is 20.3. The van der Waals surface area contributed by atoms with Crippen LogP contribution in [0.3, 0.4) is 0 Å². The molecule has 0 bridgehead atoms. The molecule has 2 rings (SSSR count). The fraction of sp³-hybridized carbons (Fsp3) is 0.538. The van der Waals surface area contributed by atoms with E-state index in [0.717, 1.165) is 12.8 Å². The van der Waals surface area contributed by atoms with Crippen molar-refractivity contribution in [3.8, 4) is 0 Å². The van der Waals surface area contributed by atoms with Gasteiger partial charge in [0.2, 0.25) is 20.0 Å². The average molecular weight is 384 g/mol. The number of halogens is 1. The first-order valence-electron chi connectivity index (χ1n) is 7.12. The van der Waals surface area contributed by atoms with Gasteiger partial charge in [-0.15, -0.1) is 12.4 Å². The number of benzene rings is 1. The maximum absolute atomic E-state index is 12.0. The van der Waals surface area contributed by atoms with Gasteiger partial charge in [-0.3, -0.25) is 0 Å². The zero-order valence-electron chi connectivity index (χ0n) is 12.8. The predicted molar refractivity (Wildman–Crippen MR) is 90.8 cm³/mol.